The molecule has 0 aliphatic heterocycles. The molecule has 0 fully saturated rings. The largest absolute Gasteiger partial charge is 0.492 e. The summed E-state index contributed by atoms with van der Waals surface area (Å²) in [6.07, 6.45) is 2.26. The number of carboxylic acid groups (broad SMARTS) is 1. The molecule has 0 aliphatic carbocycles. The van der Waals surface area contributed by atoms with E-state index < -0.39 is 24.5 Å². The van der Waals surface area contributed by atoms with Crippen molar-refractivity contribution in [3.8, 4) is 5.75 Å². The molecule has 2 rings (SSSR count). The maximum atomic E-state index is 11.7. The maximum Gasteiger partial charge on any atom is 0.407 e. The van der Waals surface area contributed by atoms with Gasteiger partial charge in [0, 0.05) is 6.08 Å². The molecule has 0 aromatic heterocycles. The highest BCUT2D eigenvalue weighted by Gasteiger charge is 2.03. The average Bonchev–Trinajstić information content (AvgIpc) is 2.73. The van der Waals surface area contributed by atoms with Gasteiger partial charge in [-0.05, 0) is 29.3 Å². The van der Waals surface area contributed by atoms with Crippen molar-refractivity contribution in [1.29, 1.82) is 0 Å². The molecule has 0 aliphatic rings. The smallest absolute Gasteiger partial charge is 0.407 e. The minimum Gasteiger partial charge on any atom is -0.492 e. The molecule has 152 valence electrons. The maximum absolute atomic E-state index is 11.7. The first-order valence-corrected chi connectivity index (χ1v) is 8.88. The van der Waals surface area contributed by atoms with Crippen molar-refractivity contribution in [2.45, 2.75) is 6.61 Å². The summed E-state index contributed by atoms with van der Waals surface area (Å²) < 4.78 is 10.7. The van der Waals surface area contributed by atoms with Crippen LogP contribution in [0.3, 0.4) is 0 Å². The summed E-state index contributed by atoms with van der Waals surface area (Å²) in [4.78, 5) is 33.5. The summed E-state index contributed by atoms with van der Waals surface area (Å²) in [5.41, 5.74) is 1.61. The van der Waals surface area contributed by atoms with Crippen LogP contribution in [0.2, 0.25) is 0 Å². The summed E-state index contributed by atoms with van der Waals surface area (Å²) in [5.74, 6) is -1.05. The summed E-state index contributed by atoms with van der Waals surface area (Å²) in [6, 6.07) is 16.4. The molecule has 29 heavy (non-hydrogen) atoms. The van der Waals surface area contributed by atoms with Gasteiger partial charge in [-0.2, -0.15) is 0 Å². The summed E-state index contributed by atoms with van der Waals surface area (Å²) in [5, 5.41) is 13.3. The molecular formula is C21H22N2O6. The predicted octanol–water partition coefficient (Wildman–Crippen LogP) is 2.21. The number of alkyl carbamates (subject to hydrolysis) is 1. The Labute approximate surface area is 168 Å². The molecule has 0 atom stereocenters. The van der Waals surface area contributed by atoms with E-state index in [1.54, 1.807) is 30.3 Å². The molecule has 2 amide bonds. The molecule has 2 aromatic rings. The normalized spacial score (nSPS) is 10.3. The lowest BCUT2D eigenvalue weighted by Gasteiger charge is -2.09. The standard InChI is InChI=1S/C21H22N2O6/c24-19(23-14-20(25)26)10-9-16-7-4-8-18(13-16)28-12-11-22-21(27)29-15-17-5-2-1-3-6-17/h1-10,13H,11-12,14-15H2,(H,22,27)(H,23,24)(H,25,26)/b10-9+. The van der Waals surface area contributed by atoms with Crippen LogP contribution in [0.25, 0.3) is 6.08 Å². The van der Waals surface area contributed by atoms with Crippen molar-refractivity contribution >= 4 is 24.0 Å². The first kappa shape index (κ1) is 21.5. The van der Waals surface area contributed by atoms with E-state index in [9.17, 15) is 14.4 Å². The van der Waals surface area contributed by atoms with Gasteiger partial charge in [-0.15, -0.1) is 0 Å². The summed E-state index contributed by atoms with van der Waals surface area (Å²) in [6.45, 7) is 0.271. The molecule has 3 N–H and O–H groups in total. The number of nitrogens with one attached hydrogen (secondary N) is 2. The van der Waals surface area contributed by atoms with Crippen molar-refractivity contribution in [3.63, 3.8) is 0 Å². The predicted molar refractivity (Wildman–Crippen MR) is 106 cm³/mol. The Hall–Kier alpha value is -3.81. The van der Waals surface area contributed by atoms with Crippen LogP contribution in [0.1, 0.15) is 11.1 Å². The second-order valence-electron chi connectivity index (χ2n) is 5.85. The molecule has 0 radical (unpaired) electrons. The number of ether oxygens (including phenoxy) is 2. The lowest BCUT2D eigenvalue weighted by molar-refractivity contribution is -0.137. The zero-order valence-electron chi connectivity index (χ0n) is 15.7. The van der Waals surface area contributed by atoms with Gasteiger partial charge in [0.05, 0.1) is 6.54 Å². The van der Waals surface area contributed by atoms with Crippen LogP contribution in [-0.2, 0) is 20.9 Å². The number of hydrogen-bond donors (Lipinski definition) is 3. The number of carboxylic acids is 1. The van der Waals surface area contributed by atoms with E-state index in [0.717, 1.165) is 5.56 Å². The first-order chi connectivity index (χ1) is 14.0. The Morgan fingerprint density at radius 1 is 1.00 bits per heavy atom. The number of benzene rings is 2. The van der Waals surface area contributed by atoms with Gasteiger partial charge in [-0.3, -0.25) is 9.59 Å². The summed E-state index contributed by atoms with van der Waals surface area (Å²) >= 11 is 0. The van der Waals surface area contributed by atoms with E-state index >= 15 is 0 Å². The van der Waals surface area contributed by atoms with Crippen molar-refractivity contribution in [1.82, 2.24) is 10.6 Å². The number of hydrogen-bond acceptors (Lipinski definition) is 5. The molecule has 2 aromatic carbocycles. The van der Waals surface area contributed by atoms with Crippen LogP contribution in [0.5, 0.6) is 5.75 Å². The summed E-state index contributed by atoms with van der Waals surface area (Å²) in [7, 11) is 0. The molecule has 0 unspecified atom stereocenters. The Kier molecular flexibility index (Phi) is 8.75. The highest BCUT2D eigenvalue weighted by Crippen LogP contribution is 2.14. The van der Waals surface area contributed by atoms with Crippen molar-refractivity contribution in [2.75, 3.05) is 19.7 Å². The number of aliphatic carboxylic acids is 1. The van der Waals surface area contributed by atoms with Gasteiger partial charge in [-0.1, -0.05) is 42.5 Å². The van der Waals surface area contributed by atoms with E-state index in [4.69, 9.17) is 14.6 Å². The van der Waals surface area contributed by atoms with Crippen LogP contribution in [0, 0.1) is 0 Å². The van der Waals surface area contributed by atoms with Crippen LogP contribution in [0.4, 0.5) is 4.79 Å². The zero-order chi connectivity index (χ0) is 20.9. The quantitative estimate of drug-likeness (QED) is 0.418. The minimum atomic E-state index is -1.11. The fraction of sp³-hybridized carbons (Fsp3) is 0.190. The molecule has 0 heterocycles. The average molecular weight is 398 g/mol. The molecular weight excluding hydrogens is 376 g/mol. The molecule has 8 heteroatoms. The van der Waals surface area contributed by atoms with Crippen molar-refractivity contribution in [2.24, 2.45) is 0 Å². The number of carbonyl (C=O) groups excluding carboxylic acids is 2. The van der Waals surface area contributed by atoms with Crippen LogP contribution >= 0.6 is 0 Å². The fourth-order valence-corrected chi connectivity index (χ4v) is 2.20. The Bertz CT molecular complexity index is 851. The monoisotopic (exact) mass is 398 g/mol. The van der Waals surface area contributed by atoms with Gasteiger partial charge in [-0.25, -0.2) is 4.79 Å². The fourth-order valence-electron chi connectivity index (χ4n) is 2.20. The van der Waals surface area contributed by atoms with Crippen LogP contribution < -0.4 is 15.4 Å². The molecule has 0 bridgehead atoms. The van der Waals surface area contributed by atoms with Gasteiger partial charge >= 0.3 is 12.1 Å². The lowest BCUT2D eigenvalue weighted by atomic mass is 10.2. The third-order valence-electron chi connectivity index (χ3n) is 3.55. The Balaban J connectivity index is 1.68. The molecule has 0 saturated heterocycles. The number of rotatable bonds is 10. The highest BCUT2D eigenvalue weighted by molar-refractivity contribution is 5.93. The third kappa shape index (κ3) is 9.09. The second-order valence-corrected chi connectivity index (χ2v) is 5.85. The van der Waals surface area contributed by atoms with Crippen LogP contribution in [0.15, 0.2) is 60.7 Å². The van der Waals surface area contributed by atoms with Gasteiger partial charge in [0.2, 0.25) is 5.91 Å². The van der Waals surface area contributed by atoms with Gasteiger partial charge in [0.15, 0.2) is 0 Å². The number of carbonyl (C=O) groups is 3. The van der Waals surface area contributed by atoms with Gasteiger partial charge in [0.25, 0.3) is 0 Å². The Morgan fingerprint density at radius 2 is 1.79 bits per heavy atom. The first-order valence-electron chi connectivity index (χ1n) is 8.88. The minimum absolute atomic E-state index is 0.196. The highest BCUT2D eigenvalue weighted by atomic mass is 16.5. The SMILES string of the molecule is O=C(O)CNC(=O)/C=C/c1cccc(OCCNC(=O)OCc2ccccc2)c1. The van der Waals surface area contributed by atoms with Gasteiger partial charge < -0.3 is 25.2 Å². The Morgan fingerprint density at radius 3 is 2.55 bits per heavy atom. The topological polar surface area (TPSA) is 114 Å². The van der Waals surface area contributed by atoms with Crippen molar-refractivity contribution in [3.05, 3.63) is 71.8 Å². The zero-order valence-corrected chi connectivity index (χ0v) is 15.7. The van der Waals surface area contributed by atoms with E-state index in [1.807, 2.05) is 30.3 Å². The van der Waals surface area contributed by atoms with Gasteiger partial charge in [0.1, 0.15) is 25.5 Å². The van der Waals surface area contributed by atoms with Crippen LogP contribution in [-0.4, -0.2) is 42.8 Å². The third-order valence-corrected chi connectivity index (χ3v) is 3.55. The van der Waals surface area contributed by atoms with E-state index in [-0.39, 0.29) is 19.8 Å². The van der Waals surface area contributed by atoms with E-state index in [2.05, 4.69) is 10.6 Å². The molecule has 0 spiro atoms. The van der Waals surface area contributed by atoms with E-state index in [0.29, 0.717) is 11.3 Å². The second kappa shape index (κ2) is 11.8. The molecule has 0 saturated carbocycles. The van der Waals surface area contributed by atoms with E-state index in [1.165, 1.54) is 6.08 Å². The molecule has 8 nitrogen and oxygen atoms in total. The van der Waals surface area contributed by atoms with Crippen molar-refractivity contribution < 1.29 is 29.0 Å². The lowest BCUT2D eigenvalue weighted by Crippen LogP contribution is -2.28. The number of amides is 2.